The lowest BCUT2D eigenvalue weighted by Crippen LogP contribution is -2.16. The second-order valence-corrected chi connectivity index (χ2v) is 4.18. The zero-order valence-electron chi connectivity index (χ0n) is 6.53. The van der Waals surface area contributed by atoms with Crippen molar-refractivity contribution in [3.05, 3.63) is 12.0 Å². The molecule has 0 rings (SSSR count). The molecule has 0 aliphatic rings. The maximum atomic E-state index is 8.48. The average Bonchev–Trinajstić information content (AvgIpc) is 1.59. The number of hydrogen-bond donors (Lipinski definition) is 2. The highest BCUT2D eigenvalue weighted by atomic mass is 28.3. The summed E-state index contributed by atoms with van der Waals surface area (Å²) in [5.41, 5.74) is 1.05. The minimum atomic E-state index is -2.57. The van der Waals surface area contributed by atoms with Crippen molar-refractivity contribution in [3.8, 4) is 0 Å². The Labute approximate surface area is 62.8 Å². The van der Waals surface area contributed by atoms with Crippen LogP contribution in [0.4, 0.5) is 0 Å². The molecule has 0 bridgehead atoms. The molecular weight excluding hydrogens is 148 g/mol. The summed E-state index contributed by atoms with van der Waals surface area (Å²) in [6.45, 7) is 5.67. The zero-order chi connectivity index (χ0) is 8.20. The molecule has 10 heavy (non-hydrogen) atoms. The third-order valence-electron chi connectivity index (χ3n) is 0.672. The van der Waals surface area contributed by atoms with E-state index < -0.39 is 9.28 Å². The zero-order valence-corrected chi connectivity index (χ0v) is 7.69. The molecule has 3 nitrogen and oxygen atoms in total. The molecule has 0 atom stereocenters. The first-order valence-corrected chi connectivity index (χ1v) is 4.82. The van der Waals surface area contributed by atoms with Crippen LogP contribution in [-0.4, -0.2) is 24.5 Å². The largest absolute Gasteiger partial charge is 0.496 e. The molecule has 4 heteroatoms. The molecule has 2 N–H and O–H groups in total. The molecule has 0 heterocycles. The van der Waals surface area contributed by atoms with Gasteiger partial charge in [-0.2, -0.15) is 0 Å². The van der Waals surface area contributed by atoms with Crippen molar-refractivity contribution in [2.75, 3.05) is 0 Å². The van der Waals surface area contributed by atoms with Crippen molar-refractivity contribution in [2.24, 2.45) is 0 Å². The first kappa shape index (κ1) is 9.68. The Balaban J connectivity index is 3.54. The summed E-state index contributed by atoms with van der Waals surface area (Å²) < 4.78 is 5.07. The molecule has 0 saturated carbocycles. The van der Waals surface area contributed by atoms with Gasteiger partial charge in [-0.25, -0.2) is 0 Å². The summed E-state index contributed by atoms with van der Waals surface area (Å²) in [6, 6.07) is 0. The van der Waals surface area contributed by atoms with E-state index in [1.165, 1.54) is 12.0 Å². The Morgan fingerprint density at radius 3 is 2.10 bits per heavy atom. The predicted molar refractivity (Wildman–Crippen MR) is 41.6 cm³/mol. The van der Waals surface area contributed by atoms with E-state index in [9.17, 15) is 0 Å². The first-order chi connectivity index (χ1) is 4.42. The Hall–Kier alpha value is -0.323. The van der Waals surface area contributed by atoms with Crippen LogP contribution in [0.5, 0.6) is 0 Å². The van der Waals surface area contributed by atoms with E-state index in [0.29, 0.717) is 0 Å². The van der Waals surface area contributed by atoms with Crippen molar-refractivity contribution >= 4 is 9.28 Å². The lowest BCUT2D eigenvalue weighted by molar-refractivity contribution is 0.0767. The van der Waals surface area contributed by atoms with E-state index in [2.05, 4.69) is 0 Å². The van der Waals surface area contributed by atoms with Gasteiger partial charge >= 0.3 is 9.28 Å². The van der Waals surface area contributed by atoms with Crippen LogP contribution >= 0.6 is 0 Å². The van der Waals surface area contributed by atoms with Gasteiger partial charge in [0.25, 0.3) is 0 Å². The summed E-state index contributed by atoms with van der Waals surface area (Å²) in [4.78, 5) is 17.0. The van der Waals surface area contributed by atoms with Crippen LogP contribution in [0, 0.1) is 0 Å². The summed E-state index contributed by atoms with van der Waals surface area (Å²) in [5, 5.41) is 0. The molecular formula is C6H14O3Si. The fraction of sp³-hybridized carbons (Fsp3) is 0.667. The van der Waals surface area contributed by atoms with Gasteiger partial charge in [-0.1, -0.05) is 0 Å². The van der Waals surface area contributed by atoms with E-state index >= 15 is 0 Å². The molecule has 0 fully saturated rings. The Kier molecular flexibility index (Phi) is 3.63. The highest BCUT2D eigenvalue weighted by Crippen LogP contribution is 2.06. The van der Waals surface area contributed by atoms with Crippen LogP contribution < -0.4 is 0 Å². The molecule has 0 aromatic carbocycles. The first-order valence-electron chi connectivity index (χ1n) is 3.12. The van der Waals surface area contributed by atoms with Gasteiger partial charge in [0.05, 0.1) is 11.9 Å². The van der Waals surface area contributed by atoms with Crippen molar-refractivity contribution in [1.82, 2.24) is 0 Å². The third kappa shape index (κ3) is 7.68. The number of ether oxygens (including phenoxy) is 1. The van der Waals surface area contributed by atoms with Gasteiger partial charge in [-0.15, -0.1) is 0 Å². The highest BCUT2D eigenvalue weighted by Gasteiger charge is 2.07. The Morgan fingerprint density at radius 2 is 1.80 bits per heavy atom. The van der Waals surface area contributed by atoms with Crippen LogP contribution in [0.1, 0.15) is 20.8 Å². The molecule has 0 amide bonds. The van der Waals surface area contributed by atoms with Crippen LogP contribution in [0.3, 0.4) is 0 Å². The van der Waals surface area contributed by atoms with Crippen molar-refractivity contribution in [3.63, 3.8) is 0 Å². The van der Waals surface area contributed by atoms with Crippen LogP contribution in [0.2, 0.25) is 0 Å². The second kappa shape index (κ2) is 3.75. The van der Waals surface area contributed by atoms with E-state index in [4.69, 9.17) is 14.3 Å². The van der Waals surface area contributed by atoms with Crippen molar-refractivity contribution < 1.29 is 14.3 Å². The maximum Gasteiger partial charge on any atom is 0.346 e. The Morgan fingerprint density at radius 1 is 1.30 bits per heavy atom. The SMILES string of the molecule is CC(C)(C)OC=C[SiH](O)O. The smallest absolute Gasteiger partial charge is 0.346 e. The summed E-state index contributed by atoms with van der Waals surface area (Å²) in [7, 11) is -2.57. The molecule has 0 aromatic heterocycles. The molecule has 0 spiro atoms. The topological polar surface area (TPSA) is 49.7 Å². The quantitative estimate of drug-likeness (QED) is 0.446. The minimum absolute atomic E-state index is 0.250. The van der Waals surface area contributed by atoms with Gasteiger partial charge in [-0.05, 0) is 26.5 Å². The molecule has 0 saturated heterocycles. The van der Waals surface area contributed by atoms with Crippen molar-refractivity contribution in [2.45, 2.75) is 26.4 Å². The molecule has 60 valence electrons. The lowest BCUT2D eigenvalue weighted by Gasteiger charge is -2.17. The second-order valence-electron chi connectivity index (χ2n) is 2.97. The predicted octanol–water partition coefficient (Wildman–Crippen LogP) is 0.0595. The van der Waals surface area contributed by atoms with E-state index in [1.54, 1.807) is 0 Å². The van der Waals surface area contributed by atoms with Gasteiger partial charge in [0.2, 0.25) is 0 Å². The van der Waals surface area contributed by atoms with Gasteiger partial charge in [0, 0.05) is 0 Å². The van der Waals surface area contributed by atoms with E-state index in [-0.39, 0.29) is 5.60 Å². The standard InChI is InChI=1S/C6H14O3Si/c1-6(2,3)9-4-5-10(7)8/h4-5,7-8,10H,1-3H3. The van der Waals surface area contributed by atoms with E-state index in [0.717, 1.165) is 0 Å². The number of rotatable bonds is 2. The van der Waals surface area contributed by atoms with Crippen LogP contribution in [0.15, 0.2) is 12.0 Å². The minimum Gasteiger partial charge on any atom is -0.496 e. The molecule has 0 aliphatic heterocycles. The van der Waals surface area contributed by atoms with Gasteiger partial charge in [0.15, 0.2) is 0 Å². The Bertz CT molecular complexity index is 115. The van der Waals surface area contributed by atoms with Crippen LogP contribution in [0.25, 0.3) is 0 Å². The molecule has 0 unspecified atom stereocenters. The number of hydrogen-bond acceptors (Lipinski definition) is 3. The summed E-state index contributed by atoms with van der Waals surface area (Å²) >= 11 is 0. The monoisotopic (exact) mass is 162 g/mol. The van der Waals surface area contributed by atoms with Gasteiger partial charge in [-0.3, -0.25) is 0 Å². The maximum absolute atomic E-state index is 8.48. The lowest BCUT2D eigenvalue weighted by atomic mass is 10.2. The van der Waals surface area contributed by atoms with Crippen molar-refractivity contribution in [1.29, 1.82) is 0 Å². The molecule has 0 radical (unpaired) electrons. The fourth-order valence-electron chi connectivity index (χ4n) is 0.314. The molecule has 0 aliphatic carbocycles. The van der Waals surface area contributed by atoms with Crippen LogP contribution in [-0.2, 0) is 4.74 Å². The van der Waals surface area contributed by atoms with Gasteiger partial charge in [0.1, 0.15) is 0 Å². The van der Waals surface area contributed by atoms with E-state index in [1.807, 2.05) is 20.8 Å². The third-order valence-corrected chi connectivity index (χ3v) is 1.17. The van der Waals surface area contributed by atoms with Gasteiger partial charge < -0.3 is 14.3 Å². The fourth-order valence-corrected chi connectivity index (χ4v) is 0.533. The molecule has 0 aromatic rings. The summed E-state index contributed by atoms with van der Waals surface area (Å²) in [6.07, 6.45) is 1.34. The normalized spacial score (nSPS) is 13.0. The average molecular weight is 162 g/mol. The summed E-state index contributed by atoms with van der Waals surface area (Å²) in [5.74, 6) is 0. The highest BCUT2D eigenvalue weighted by molar-refractivity contribution is 6.47.